The van der Waals surface area contributed by atoms with E-state index in [9.17, 15) is 20.1 Å². The third kappa shape index (κ3) is 4.69. The average molecular weight is 358 g/mol. The second-order valence-corrected chi connectivity index (χ2v) is 6.34. The zero-order valence-corrected chi connectivity index (χ0v) is 15.3. The second-order valence-electron chi connectivity index (χ2n) is 6.34. The monoisotopic (exact) mass is 358 g/mol. The Morgan fingerprint density at radius 3 is 2.46 bits per heavy atom. The Hall–Kier alpha value is -2.69. The van der Waals surface area contributed by atoms with Crippen molar-refractivity contribution in [2.45, 2.75) is 46.0 Å². The number of Topliss-reactive ketones (excluding diaryl/α,β-unsaturated/α-hetero) is 1. The molecule has 0 heterocycles. The van der Waals surface area contributed by atoms with Crippen LogP contribution in [-0.4, -0.2) is 27.7 Å². The number of carbonyl (C=O) groups is 1. The summed E-state index contributed by atoms with van der Waals surface area (Å²) in [5.74, 6) is 0.279. The van der Waals surface area contributed by atoms with Crippen LogP contribution in [0.3, 0.4) is 0 Å². The van der Waals surface area contributed by atoms with Crippen LogP contribution in [0.4, 0.5) is 0 Å². The van der Waals surface area contributed by atoms with Gasteiger partial charge in [0.15, 0.2) is 17.3 Å². The molecule has 0 radical (unpaired) electrons. The van der Waals surface area contributed by atoms with Gasteiger partial charge in [0.2, 0.25) is 0 Å². The number of para-hydroxylation sites is 1. The van der Waals surface area contributed by atoms with E-state index < -0.39 is 0 Å². The summed E-state index contributed by atoms with van der Waals surface area (Å²) in [5.41, 5.74) is 1.70. The smallest absolute Gasteiger partial charge is 0.163 e. The highest BCUT2D eigenvalue weighted by molar-refractivity contribution is 5.97. The molecule has 0 saturated carbocycles. The van der Waals surface area contributed by atoms with Gasteiger partial charge in [0.1, 0.15) is 11.5 Å². The molecule has 2 aromatic carbocycles. The molecule has 0 atom stereocenters. The predicted molar refractivity (Wildman–Crippen MR) is 100 cm³/mol. The maximum absolute atomic E-state index is 11.6. The van der Waals surface area contributed by atoms with Crippen molar-refractivity contribution >= 4 is 5.78 Å². The minimum atomic E-state index is -0.169. The summed E-state index contributed by atoms with van der Waals surface area (Å²) in [6.45, 7) is 3.91. The van der Waals surface area contributed by atoms with Gasteiger partial charge in [-0.25, -0.2) is 0 Å². The molecular weight excluding hydrogens is 332 g/mol. The van der Waals surface area contributed by atoms with E-state index in [1.807, 2.05) is 6.92 Å². The van der Waals surface area contributed by atoms with Gasteiger partial charge in [-0.1, -0.05) is 25.5 Å². The summed E-state index contributed by atoms with van der Waals surface area (Å²) in [7, 11) is 0. The van der Waals surface area contributed by atoms with Gasteiger partial charge in [-0.15, -0.1) is 0 Å². The Balaban J connectivity index is 1.94. The quantitative estimate of drug-likeness (QED) is 0.352. The van der Waals surface area contributed by atoms with Gasteiger partial charge in [0.05, 0.1) is 12.2 Å². The molecule has 0 unspecified atom stereocenters. The van der Waals surface area contributed by atoms with Crippen LogP contribution >= 0.6 is 0 Å². The lowest BCUT2D eigenvalue weighted by molar-refractivity contribution is 0.101. The highest BCUT2D eigenvalue weighted by Gasteiger charge is 2.15. The molecule has 2 aromatic rings. The lowest BCUT2D eigenvalue weighted by Crippen LogP contribution is -2.04. The third-order valence-corrected chi connectivity index (χ3v) is 4.32. The number of rotatable bonds is 9. The summed E-state index contributed by atoms with van der Waals surface area (Å²) in [6, 6.07) is 8.28. The van der Waals surface area contributed by atoms with E-state index in [0.717, 1.165) is 19.3 Å². The van der Waals surface area contributed by atoms with Crippen LogP contribution in [-0.2, 0) is 12.8 Å². The molecule has 0 aromatic heterocycles. The van der Waals surface area contributed by atoms with Crippen molar-refractivity contribution in [3.63, 3.8) is 0 Å². The van der Waals surface area contributed by atoms with Crippen LogP contribution in [0.5, 0.6) is 23.0 Å². The van der Waals surface area contributed by atoms with E-state index in [1.54, 1.807) is 24.3 Å². The van der Waals surface area contributed by atoms with E-state index in [0.29, 0.717) is 41.9 Å². The van der Waals surface area contributed by atoms with Crippen molar-refractivity contribution in [3.8, 4) is 23.0 Å². The lowest BCUT2D eigenvalue weighted by Gasteiger charge is -2.14. The summed E-state index contributed by atoms with van der Waals surface area (Å²) in [5, 5.41) is 29.6. The summed E-state index contributed by atoms with van der Waals surface area (Å²) >= 11 is 0. The fraction of sp³-hybridized carbons (Fsp3) is 0.381. The number of aromatic hydroxyl groups is 3. The van der Waals surface area contributed by atoms with E-state index in [1.165, 1.54) is 13.0 Å². The first-order valence-electron chi connectivity index (χ1n) is 8.94. The molecule has 0 aliphatic rings. The number of carbonyl (C=O) groups excluding carboxylic acids is 1. The average Bonchev–Trinajstić information content (AvgIpc) is 2.60. The zero-order valence-electron chi connectivity index (χ0n) is 15.3. The molecule has 5 heteroatoms. The van der Waals surface area contributed by atoms with E-state index in [2.05, 4.69) is 0 Å². The zero-order chi connectivity index (χ0) is 19.1. The van der Waals surface area contributed by atoms with Gasteiger partial charge in [0, 0.05) is 5.56 Å². The lowest BCUT2D eigenvalue weighted by atomic mass is 10.0. The first kappa shape index (κ1) is 19.6. The second kappa shape index (κ2) is 9.13. The standard InChI is InChI=1S/C21H26O5/c1-3-7-17-19(12-11-16(14(2)22)21(17)25)26-13-5-4-8-15-9-6-10-18(23)20(15)24/h6,9-12,23-25H,3-5,7-8,13H2,1-2H3. The molecule has 0 amide bonds. The van der Waals surface area contributed by atoms with Crippen LogP contribution in [0, 0.1) is 0 Å². The van der Waals surface area contributed by atoms with Crippen molar-refractivity contribution < 1.29 is 24.9 Å². The van der Waals surface area contributed by atoms with Gasteiger partial charge >= 0.3 is 0 Å². The molecule has 0 saturated heterocycles. The molecule has 140 valence electrons. The number of unbranched alkanes of at least 4 members (excludes halogenated alkanes) is 1. The van der Waals surface area contributed by atoms with Crippen LogP contribution in [0.15, 0.2) is 30.3 Å². The Kier molecular flexibility index (Phi) is 6.89. The number of ketones is 1. The van der Waals surface area contributed by atoms with Crippen LogP contribution in [0.1, 0.15) is 54.6 Å². The Morgan fingerprint density at radius 2 is 1.77 bits per heavy atom. The van der Waals surface area contributed by atoms with E-state index >= 15 is 0 Å². The first-order valence-corrected chi connectivity index (χ1v) is 8.94. The number of ether oxygens (including phenoxy) is 1. The maximum Gasteiger partial charge on any atom is 0.163 e. The van der Waals surface area contributed by atoms with Crippen molar-refractivity contribution in [3.05, 3.63) is 47.0 Å². The van der Waals surface area contributed by atoms with E-state index in [-0.39, 0.29) is 23.0 Å². The Morgan fingerprint density at radius 1 is 1.00 bits per heavy atom. The minimum Gasteiger partial charge on any atom is -0.507 e. The molecule has 0 spiro atoms. The van der Waals surface area contributed by atoms with Crippen LogP contribution < -0.4 is 4.74 Å². The SMILES string of the molecule is CCCc1c(OCCCCc2cccc(O)c2O)ccc(C(C)=O)c1O. The maximum atomic E-state index is 11.6. The van der Waals surface area contributed by atoms with Crippen LogP contribution in [0.2, 0.25) is 0 Å². The van der Waals surface area contributed by atoms with Gasteiger partial charge < -0.3 is 20.1 Å². The highest BCUT2D eigenvalue weighted by atomic mass is 16.5. The van der Waals surface area contributed by atoms with Gasteiger partial charge in [-0.2, -0.15) is 0 Å². The normalized spacial score (nSPS) is 10.7. The topological polar surface area (TPSA) is 87.0 Å². The molecule has 0 aliphatic carbocycles. The van der Waals surface area contributed by atoms with Gasteiger partial charge in [0.25, 0.3) is 0 Å². The Labute approximate surface area is 153 Å². The van der Waals surface area contributed by atoms with Crippen molar-refractivity contribution in [1.82, 2.24) is 0 Å². The van der Waals surface area contributed by atoms with Crippen molar-refractivity contribution in [2.24, 2.45) is 0 Å². The summed E-state index contributed by atoms with van der Waals surface area (Å²) in [4.78, 5) is 11.6. The Bertz CT molecular complexity index is 767. The number of benzene rings is 2. The van der Waals surface area contributed by atoms with Gasteiger partial charge in [-0.05, 0) is 56.4 Å². The molecule has 3 N–H and O–H groups in total. The molecule has 0 aliphatic heterocycles. The number of aryl methyl sites for hydroxylation is 1. The van der Waals surface area contributed by atoms with Gasteiger partial charge in [-0.3, -0.25) is 4.79 Å². The summed E-state index contributed by atoms with van der Waals surface area (Å²) in [6.07, 6.45) is 3.66. The predicted octanol–water partition coefficient (Wildman–Crippen LogP) is 4.36. The number of hydrogen-bond acceptors (Lipinski definition) is 5. The first-order chi connectivity index (χ1) is 12.5. The fourth-order valence-electron chi connectivity index (χ4n) is 2.91. The third-order valence-electron chi connectivity index (χ3n) is 4.32. The molecule has 0 fully saturated rings. The molecule has 2 rings (SSSR count). The molecule has 5 nitrogen and oxygen atoms in total. The van der Waals surface area contributed by atoms with Crippen molar-refractivity contribution in [1.29, 1.82) is 0 Å². The fourth-order valence-corrected chi connectivity index (χ4v) is 2.91. The highest BCUT2D eigenvalue weighted by Crippen LogP contribution is 2.33. The van der Waals surface area contributed by atoms with Crippen molar-refractivity contribution in [2.75, 3.05) is 6.61 Å². The summed E-state index contributed by atoms with van der Waals surface area (Å²) < 4.78 is 5.81. The minimum absolute atomic E-state index is 0.0153. The number of phenolic OH excluding ortho intramolecular Hbond substituents is 3. The molecular formula is C21H26O5. The van der Waals surface area contributed by atoms with Crippen LogP contribution in [0.25, 0.3) is 0 Å². The number of phenols is 3. The molecule has 0 bridgehead atoms. The number of hydrogen-bond donors (Lipinski definition) is 3. The largest absolute Gasteiger partial charge is 0.507 e. The van der Waals surface area contributed by atoms with E-state index in [4.69, 9.17) is 4.74 Å². The molecule has 26 heavy (non-hydrogen) atoms.